The minimum absolute atomic E-state index is 0.105. The van der Waals surface area contributed by atoms with Crippen LogP contribution in [0.25, 0.3) is 0 Å². The molecule has 0 bridgehead atoms. The van der Waals surface area contributed by atoms with Crippen molar-refractivity contribution in [3.63, 3.8) is 0 Å². The van der Waals surface area contributed by atoms with Crippen LogP contribution in [0.5, 0.6) is 0 Å². The molecule has 1 aromatic heterocycles. The molecule has 1 aromatic rings. The van der Waals surface area contributed by atoms with E-state index in [0.717, 1.165) is 9.35 Å². The summed E-state index contributed by atoms with van der Waals surface area (Å²) in [5.41, 5.74) is 0.897. The Morgan fingerprint density at radius 2 is 1.76 bits per heavy atom. The average Bonchev–Trinajstić information content (AvgIpc) is 2.76. The van der Waals surface area contributed by atoms with Gasteiger partial charge in [-0.1, -0.05) is 0 Å². The van der Waals surface area contributed by atoms with Crippen molar-refractivity contribution in [3.8, 4) is 0 Å². The Bertz CT molecular complexity index is 505. The van der Waals surface area contributed by atoms with Gasteiger partial charge in [0.2, 0.25) is 6.04 Å². The summed E-state index contributed by atoms with van der Waals surface area (Å²) in [4.78, 5) is 36.0. The van der Waals surface area contributed by atoms with E-state index in [0.29, 0.717) is 4.88 Å². The van der Waals surface area contributed by atoms with Gasteiger partial charge < -0.3 is 14.8 Å². The van der Waals surface area contributed by atoms with E-state index in [-0.39, 0.29) is 13.2 Å². The van der Waals surface area contributed by atoms with Gasteiger partial charge in [-0.15, -0.1) is 11.3 Å². The van der Waals surface area contributed by atoms with Gasteiger partial charge in [-0.05, 0) is 48.3 Å². The van der Waals surface area contributed by atoms with Crippen molar-refractivity contribution in [1.29, 1.82) is 0 Å². The molecule has 0 aromatic carbocycles. The number of rotatable bonds is 6. The summed E-state index contributed by atoms with van der Waals surface area (Å²) in [5.74, 6) is -2.20. The van der Waals surface area contributed by atoms with E-state index in [1.165, 1.54) is 11.3 Å². The minimum Gasteiger partial charge on any atom is -0.464 e. The molecule has 0 aliphatic heterocycles. The van der Waals surface area contributed by atoms with Crippen LogP contribution >= 0.6 is 27.3 Å². The first-order chi connectivity index (χ1) is 9.90. The maximum Gasteiger partial charge on any atom is 0.340 e. The number of carbonyl (C=O) groups is 3. The molecule has 1 heterocycles. The number of ether oxygens (including phenoxy) is 2. The quantitative estimate of drug-likeness (QED) is 0.605. The van der Waals surface area contributed by atoms with Crippen LogP contribution in [0.4, 0.5) is 0 Å². The lowest BCUT2D eigenvalue weighted by Crippen LogP contribution is -2.48. The molecule has 1 N–H and O–H groups in total. The summed E-state index contributed by atoms with van der Waals surface area (Å²) in [6.07, 6.45) is 0. The highest BCUT2D eigenvalue weighted by molar-refractivity contribution is 9.11. The van der Waals surface area contributed by atoms with Crippen LogP contribution in [0, 0.1) is 6.92 Å². The van der Waals surface area contributed by atoms with E-state index in [1.54, 1.807) is 19.9 Å². The molecular formula is C13H16BrNO5S. The lowest BCUT2D eigenvalue weighted by Gasteiger charge is -2.15. The molecule has 0 spiro atoms. The van der Waals surface area contributed by atoms with Gasteiger partial charge in [0.05, 0.1) is 21.9 Å². The number of carbonyl (C=O) groups excluding carboxylic acids is 3. The summed E-state index contributed by atoms with van der Waals surface area (Å²) < 4.78 is 10.4. The molecule has 0 saturated carbocycles. The second-order valence-corrected chi connectivity index (χ2v) is 6.35. The Kier molecular flexibility index (Phi) is 6.83. The van der Waals surface area contributed by atoms with Gasteiger partial charge in [-0.2, -0.15) is 0 Å². The van der Waals surface area contributed by atoms with Crippen molar-refractivity contribution >= 4 is 45.1 Å². The van der Waals surface area contributed by atoms with E-state index in [4.69, 9.17) is 9.47 Å². The number of aryl methyl sites for hydroxylation is 1. The maximum atomic E-state index is 12.1. The van der Waals surface area contributed by atoms with E-state index in [9.17, 15) is 14.4 Å². The molecule has 21 heavy (non-hydrogen) atoms. The average molecular weight is 378 g/mol. The third kappa shape index (κ3) is 4.82. The Morgan fingerprint density at radius 3 is 2.14 bits per heavy atom. The summed E-state index contributed by atoms with van der Waals surface area (Å²) in [6, 6.07) is 0.204. The van der Waals surface area contributed by atoms with Crippen molar-refractivity contribution in [1.82, 2.24) is 5.32 Å². The van der Waals surface area contributed by atoms with Crippen LogP contribution in [0.1, 0.15) is 29.1 Å². The van der Waals surface area contributed by atoms with Crippen molar-refractivity contribution < 1.29 is 23.9 Å². The largest absolute Gasteiger partial charge is 0.464 e. The highest BCUT2D eigenvalue weighted by atomic mass is 79.9. The lowest BCUT2D eigenvalue weighted by molar-refractivity contribution is -0.157. The van der Waals surface area contributed by atoms with Gasteiger partial charge >= 0.3 is 11.9 Å². The van der Waals surface area contributed by atoms with E-state index < -0.39 is 23.9 Å². The van der Waals surface area contributed by atoms with Gasteiger partial charge in [-0.25, -0.2) is 9.59 Å². The van der Waals surface area contributed by atoms with Crippen LogP contribution in [0.2, 0.25) is 0 Å². The number of esters is 2. The predicted molar refractivity (Wildman–Crippen MR) is 81.3 cm³/mol. The first-order valence-electron chi connectivity index (χ1n) is 6.30. The Balaban J connectivity index is 2.87. The zero-order chi connectivity index (χ0) is 16.0. The molecule has 0 fully saturated rings. The van der Waals surface area contributed by atoms with Crippen molar-refractivity contribution in [2.24, 2.45) is 0 Å². The van der Waals surface area contributed by atoms with Gasteiger partial charge in [0, 0.05) is 0 Å². The standard InChI is InChI=1S/C13H16BrNO5S/c1-4-19-12(17)9(13(18)20-5-2)15-11(16)8-6-7(3)10(14)21-8/h6,9H,4-5H2,1-3H3,(H,15,16). The molecule has 1 amide bonds. The number of amides is 1. The second kappa shape index (κ2) is 8.14. The van der Waals surface area contributed by atoms with Gasteiger partial charge in [0.1, 0.15) is 0 Å². The first-order valence-corrected chi connectivity index (χ1v) is 7.91. The fourth-order valence-electron chi connectivity index (χ4n) is 1.44. The molecular weight excluding hydrogens is 362 g/mol. The molecule has 116 valence electrons. The highest BCUT2D eigenvalue weighted by Gasteiger charge is 2.32. The Morgan fingerprint density at radius 1 is 1.24 bits per heavy atom. The summed E-state index contributed by atoms with van der Waals surface area (Å²) >= 11 is 4.53. The SMILES string of the molecule is CCOC(=O)C(NC(=O)c1cc(C)c(Br)s1)C(=O)OCC. The number of nitrogens with one attached hydrogen (secondary N) is 1. The van der Waals surface area contributed by atoms with Crippen molar-refractivity contribution in [2.45, 2.75) is 26.8 Å². The fraction of sp³-hybridized carbons (Fsp3) is 0.462. The number of thiophene rings is 1. The zero-order valence-corrected chi connectivity index (χ0v) is 14.3. The van der Waals surface area contributed by atoms with E-state index in [1.807, 2.05) is 6.92 Å². The van der Waals surface area contributed by atoms with E-state index >= 15 is 0 Å². The molecule has 8 heteroatoms. The number of hydrogen-bond acceptors (Lipinski definition) is 6. The summed E-state index contributed by atoms with van der Waals surface area (Å²) in [6.45, 7) is 5.28. The normalized spacial score (nSPS) is 10.3. The third-order valence-corrected chi connectivity index (χ3v) is 4.54. The molecule has 0 atom stereocenters. The third-order valence-electron chi connectivity index (χ3n) is 2.40. The first kappa shape index (κ1) is 17.6. The van der Waals surface area contributed by atoms with Gasteiger partial charge in [0.25, 0.3) is 5.91 Å². The fourth-order valence-corrected chi connectivity index (χ4v) is 2.88. The summed E-state index contributed by atoms with van der Waals surface area (Å²) in [5, 5.41) is 2.34. The minimum atomic E-state index is -1.46. The van der Waals surface area contributed by atoms with Crippen LogP contribution in [-0.2, 0) is 19.1 Å². The molecule has 0 aliphatic carbocycles. The molecule has 0 saturated heterocycles. The second-order valence-electron chi connectivity index (χ2n) is 3.98. The predicted octanol–water partition coefficient (Wildman–Crippen LogP) is 2.04. The molecule has 0 radical (unpaired) electrons. The van der Waals surface area contributed by atoms with Crippen LogP contribution in [0.15, 0.2) is 9.85 Å². The van der Waals surface area contributed by atoms with Gasteiger partial charge in [0.15, 0.2) is 0 Å². The molecule has 6 nitrogen and oxygen atoms in total. The van der Waals surface area contributed by atoms with Crippen LogP contribution < -0.4 is 5.32 Å². The van der Waals surface area contributed by atoms with Crippen LogP contribution in [-0.4, -0.2) is 37.1 Å². The van der Waals surface area contributed by atoms with Crippen LogP contribution in [0.3, 0.4) is 0 Å². The molecule has 0 aliphatic rings. The lowest BCUT2D eigenvalue weighted by atomic mass is 10.2. The Hall–Kier alpha value is -1.41. The smallest absolute Gasteiger partial charge is 0.340 e. The van der Waals surface area contributed by atoms with Crippen molar-refractivity contribution in [3.05, 3.63) is 20.3 Å². The Labute approximate surface area is 134 Å². The monoisotopic (exact) mass is 377 g/mol. The number of halogens is 1. The number of hydrogen-bond donors (Lipinski definition) is 1. The van der Waals surface area contributed by atoms with Crippen molar-refractivity contribution in [2.75, 3.05) is 13.2 Å². The van der Waals surface area contributed by atoms with E-state index in [2.05, 4.69) is 21.2 Å². The maximum absolute atomic E-state index is 12.1. The summed E-state index contributed by atoms with van der Waals surface area (Å²) in [7, 11) is 0. The van der Waals surface area contributed by atoms with Gasteiger partial charge in [-0.3, -0.25) is 4.79 Å². The highest BCUT2D eigenvalue weighted by Crippen LogP contribution is 2.27. The zero-order valence-electron chi connectivity index (χ0n) is 11.9. The molecule has 0 unspecified atom stereocenters. The molecule has 1 rings (SSSR count). The topological polar surface area (TPSA) is 81.7 Å².